The molecule has 0 aliphatic rings. The van der Waals surface area contributed by atoms with Crippen LogP contribution in [0.1, 0.15) is 21.7 Å². The molecular formula is C18H15FN4O3. The van der Waals surface area contributed by atoms with E-state index in [1.807, 2.05) is 19.9 Å². The highest BCUT2D eigenvalue weighted by Crippen LogP contribution is 2.22. The summed E-state index contributed by atoms with van der Waals surface area (Å²) in [5, 5.41) is 17.7. The molecule has 0 saturated heterocycles. The van der Waals surface area contributed by atoms with Gasteiger partial charge in [0.15, 0.2) is 0 Å². The average Bonchev–Trinajstić information content (AvgIpc) is 2.94. The lowest BCUT2D eigenvalue weighted by molar-refractivity contribution is -0.387. The van der Waals surface area contributed by atoms with E-state index in [9.17, 15) is 19.3 Å². The van der Waals surface area contributed by atoms with Gasteiger partial charge in [-0.2, -0.15) is 9.49 Å². The van der Waals surface area contributed by atoms with E-state index in [-0.39, 0.29) is 5.69 Å². The maximum Gasteiger partial charge on any atom is 0.306 e. The van der Waals surface area contributed by atoms with Gasteiger partial charge in [-0.1, -0.05) is 0 Å². The maximum atomic E-state index is 13.4. The second kappa shape index (κ2) is 6.75. The van der Waals surface area contributed by atoms with Crippen molar-refractivity contribution < 1.29 is 14.1 Å². The fourth-order valence-corrected chi connectivity index (χ4v) is 2.58. The second-order valence-corrected chi connectivity index (χ2v) is 5.76. The van der Waals surface area contributed by atoms with Crippen LogP contribution in [0.25, 0.3) is 5.69 Å². The third kappa shape index (κ3) is 3.44. The zero-order chi connectivity index (χ0) is 18.8. The number of rotatable bonds is 4. The number of anilines is 1. The lowest BCUT2D eigenvalue weighted by Gasteiger charge is -2.08. The Kier molecular flexibility index (Phi) is 4.49. The first-order valence-electron chi connectivity index (χ1n) is 7.74. The molecule has 132 valence electrons. The van der Waals surface area contributed by atoms with Gasteiger partial charge in [-0.05, 0) is 56.3 Å². The molecule has 3 aromatic rings. The van der Waals surface area contributed by atoms with Crippen LogP contribution in [0.15, 0.2) is 48.5 Å². The van der Waals surface area contributed by atoms with E-state index in [4.69, 9.17) is 0 Å². The van der Waals surface area contributed by atoms with Gasteiger partial charge >= 0.3 is 5.69 Å². The molecule has 0 aliphatic carbocycles. The molecule has 0 saturated carbocycles. The SMILES string of the molecule is Cc1cc(C)n(-c2ccc(C(=O)Nc3ccc(F)c([N+](=O)[O-])c3)cc2)n1. The van der Waals surface area contributed by atoms with Crippen molar-refractivity contribution in [1.82, 2.24) is 9.78 Å². The van der Waals surface area contributed by atoms with Crippen LogP contribution in [0.4, 0.5) is 15.8 Å². The number of halogens is 1. The highest BCUT2D eigenvalue weighted by molar-refractivity contribution is 6.04. The van der Waals surface area contributed by atoms with E-state index >= 15 is 0 Å². The first kappa shape index (κ1) is 17.3. The number of amides is 1. The number of aryl methyl sites for hydroxylation is 2. The molecule has 0 unspecified atom stereocenters. The number of benzene rings is 2. The Morgan fingerprint density at radius 3 is 2.42 bits per heavy atom. The Morgan fingerprint density at radius 2 is 1.85 bits per heavy atom. The number of carbonyl (C=O) groups is 1. The van der Waals surface area contributed by atoms with Crippen LogP contribution in [-0.2, 0) is 0 Å². The van der Waals surface area contributed by atoms with Crippen molar-refractivity contribution in [3.05, 3.63) is 81.4 Å². The smallest absolute Gasteiger partial charge is 0.306 e. The third-order valence-electron chi connectivity index (χ3n) is 3.78. The van der Waals surface area contributed by atoms with Crippen LogP contribution in [0.5, 0.6) is 0 Å². The zero-order valence-corrected chi connectivity index (χ0v) is 14.1. The average molecular weight is 354 g/mol. The number of hydrogen-bond donors (Lipinski definition) is 1. The summed E-state index contributed by atoms with van der Waals surface area (Å²) < 4.78 is 15.1. The number of nitro groups is 1. The van der Waals surface area contributed by atoms with E-state index in [1.165, 1.54) is 6.07 Å². The number of nitro benzene ring substituents is 1. The second-order valence-electron chi connectivity index (χ2n) is 5.76. The fraction of sp³-hybridized carbons (Fsp3) is 0.111. The number of hydrogen-bond acceptors (Lipinski definition) is 4. The molecule has 0 aliphatic heterocycles. The minimum atomic E-state index is -0.956. The maximum absolute atomic E-state index is 13.4. The molecule has 3 rings (SSSR count). The largest absolute Gasteiger partial charge is 0.322 e. The van der Waals surface area contributed by atoms with E-state index in [1.54, 1.807) is 28.9 Å². The third-order valence-corrected chi connectivity index (χ3v) is 3.78. The van der Waals surface area contributed by atoms with Crippen molar-refractivity contribution in [1.29, 1.82) is 0 Å². The molecule has 0 fully saturated rings. The number of nitrogens with zero attached hydrogens (tertiary/aromatic N) is 3. The summed E-state index contributed by atoms with van der Waals surface area (Å²) in [5.41, 5.74) is 2.49. The Balaban J connectivity index is 1.79. The Hall–Kier alpha value is -3.55. The Morgan fingerprint density at radius 1 is 1.15 bits per heavy atom. The minimum Gasteiger partial charge on any atom is -0.322 e. The van der Waals surface area contributed by atoms with Crippen LogP contribution < -0.4 is 5.32 Å². The van der Waals surface area contributed by atoms with Gasteiger partial charge in [-0.25, -0.2) is 4.68 Å². The molecule has 0 radical (unpaired) electrons. The molecular weight excluding hydrogens is 339 g/mol. The lowest BCUT2D eigenvalue weighted by Crippen LogP contribution is -2.12. The predicted molar refractivity (Wildman–Crippen MR) is 94.0 cm³/mol. The van der Waals surface area contributed by atoms with Gasteiger partial charge in [-0.3, -0.25) is 14.9 Å². The summed E-state index contributed by atoms with van der Waals surface area (Å²) in [6.07, 6.45) is 0. The van der Waals surface area contributed by atoms with Gasteiger partial charge in [0, 0.05) is 23.0 Å². The van der Waals surface area contributed by atoms with Crippen molar-refractivity contribution in [2.75, 3.05) is 5.32 Å². The molecule has 0 bridgehead atoms. The van der Waals surface area contributed by atoms with Crippen LogP contribution >= 0.6 is 0 Å². The zero-order valence-electron chi connectivity index (χ0n) is 14.1. The van der Waals surface area contributed by atoms with Gasteiger partial charge in [0.1, 0.15) is 0 Å². The predicted octanol–water partition coefficient (Wildman–Crippen LogP) is 3.79. The van der Waals surface area contributed by atoms with Crippen molar-refractivity contribution in [2.24, 2.45) is 0 Å². The van der Waals surface area contributed by atoms with Crippen LogP contribution in [0.2, 0.25) is 0 Å². The summed E-state index contributed by atoms with van der Waals surface area (Å²) in [4.78, 5) is 22.2. The monoisotopic (exact) mass is 354 g/mol. The lowest BCUT2D eigenvalue weighted by atomic mass is 10.2. The van der Waals surface area contributed by atoms with Crippen LogP contribution in [0, 0.1) is 29.8 Å². The number of carbonyl (C=O) groups excluding carboxylic acids is 1. The Bertz CT molecular complexity index is 996. The van der Waals surface area contributed by atoms with Gasteiger partial charge < -0.3 is 5.32 Å². The first-order chi connectivity index (χ1) is 12.3. The van der Waals surface area contributed by atoms with Crippen molar-refractivity contribution in [2.45, 2.75) is 13.8 Å². The van der Waals surface area contributed by atoms with Crippen LogP contribution in [-0.4, -0.2) is 20.6 Å². The van der Waals surface area contributed by atoms with Crippen molar-refractivity contribution in [3.8, 4) is 5.69 Å². The molecule has 26 heavy (non-hydrogen) atoms. The molecule has 1 N–H and O–H groups in total. The van der Waals surface area contributed by atoms with Crippen LogP contribution in [0.3, 0.4) is 0 Å². The molecule has 1 amide bonds. The highest BCUT2D eigenvalue weighted by Gasteiger charge is 2.16. The normalized spacial score (nSPS) is 10.6. The van der Waals surface area contributed by atoms with Gasteiger partial charge in [0.05, 0.1) is 16.3 Å². The van der Waals surface area contributed by atoms with Gasteiger partial charge in [0.25, 0.3) is 5.91 Å². The molecule has 0 spiro atoms. The minimum absolute atomic E-state index is 0.144. The van der Waals surface area contributed by atoms with E-state index < -0.39 is 22.3 Å². The van der Waals surface area contributed by atoms with Gasteiger partial charge in [0.2, 0.25) is 5.82 Å². The van der Waals surface area contributed by atoms with E-state index in [2.05, 4.69) is 10.4 Å². The highest BCUT2D eigenvalue weighted by atomic mass is 19.1. The molecule has 1 heterocycles. The quantitative estimate of drug-likeness (QED) is 0.570. The van der Waals surface area contributed by atoms with Crippen molar-refractivity contribution >= 4 is 17.3 Å². The van der Waals surface area contributed by atoms with E-state index in [0.717, 1.165) is 29.2 Å². The summed E-state index contributed by atoms with van der Waals surface area (Å²) in [7, 11) is 0. The molecule has 0 atom stereocenters. The fourth-order valence-electron chi connectivity index (χ4n) is 2.58. The summed E-state index contributed by atoms with van der Waals surface area (Å²) in [6, 6.07) is 11.9. The number of nitrogens with one attached hydrogen (secondary N) is 1. The first-order valence-corrected chi connectivity index (χ1v) is 7.74. The molecule has 7 nitrogen and oxygen atoms in total. The van der Waals surface area contributed by atoms with Crippen molar-refractivity contribution in [3.63, 3.8) is 0 Å². The molecule has 1 aromatic heterocycles. The molecule has 8 heteroatoms. The number of aromatic nitrogens is 2. The molecule has 2 aromatic carbocycles. The summed E-state index contributed by atoms with van der Waals surface area (Å²) >= 11 is 0. The summed E-state index contributed by atoms with van der Waals surface area (Å²) in [6.45, 7) is 3.83. The van der Waals surface area contributed by atoms with Gasteiger partial charge in [-0.15, -0.1) is 0 Å². The standard InChI is InChI=1S/C18H15FN4O3/c1-11-9-12(2)22(21-11)15-6-3-13(4-7-15)18(24)20-14-5-8-16(19)17(10-14)23(25)26/h3-10H,1-2H3,(H,20,24). The summed E-state index contributed by atoms with van der Waals surface area (Å²) in [5.74, 6) is -1.41. The topological polar surface area (TPSA) is 90.1 Å². The van der Waals surface area contributed by atoms with E-state index in [0.29, 0.717) is 5.56 Å². The Labute approximate surface area is 148 Å².